The van der Waals surface area contributed by atoms with Crippen LogP contribution in [-0.4, -0.2) is 6.29 Å². The minimum absolute atomic E-state index is 0.678. The van der Waals surface area contributed by atoms with E-state index in [4.69, 9.17) is 5.73 Å². The number of carbonyl (C=O) groups excluding carboxylic acids is 1. The number of hydrogen-bond donors (Lipinski definition) is 1. The van der Waals surface area contributed by atoms with Gasteiger partial charge in [-0.3, -0.25) is 4.79 Å². The summed E-state index contributed by atoms with van der Waals surface area (Å²) in [6.45, 7) is 0. The number of hydrogen-bond acceptors (Lipinski definition) is 3. The molecule has 0 aliphatic rings. The topological polar surface area (TPSA) is 43.1 Å². The molecule has 3 heteroatoms. The fourth-order valence-corrected chi connectivity index (χ4v) is 1.24. The lowest BCUT2D eigenvalue weighted by atomic mass is 10.4. The molecule has 0 aliphatic heterocycles. The van der Waals surface area contributed by atoms with E-state index >= 15 is 0 Å². The predicted octanol–water partition coefficient (Wildman–Crippen LogP) is 0.828. The summed E-state index contributed by atoms with van der Waals surface area (Å²) in [5.41, 5.74) is 4.97. The second-order valence-electron chi connectivity index (χ2n) is 1.59. The Hall–Kier alpha value is -1.27. The van der Waals surface area contributed by atoms with E-state index in [1.54, 1.807) is 12.1 Å². The number of aldehydes is 1. The van der Waals surface area contributed by atoms with Gasteiger partial charge in [0.1, 0.15) is 0 Å². The molecule has 0 atom stereocenters. The highest BCUT2D eigenvalue weighted by Crippen LogP contribution is 2.12. The highest BCUT2D eigenvalue weighted by atomic mass is 32.1. The summed E-state index contributed by atoms with van der Waals surface area (Å²) in [5, 5.41) is 0. The van der Waals surface area contributed by atoms with Crippen LogP contribution in [0.5, 0.6) is 0 Å². The SMILES string of the molecule is NC#Cc1ccc(C=O)s1. The molecule has 0 amide bonds. The van der Waals surface area contributed by atoms with E-state index in [0.29, 0.717) is 4.88 Å². The average molecular weight is 151 g/mol. The van der Waals surface area contributed by atoms with Gasteiger partial charge in [0.25, 0.3) is 0 Å². The first kappa shape index (κ1) is 6.84. The summed E-state index contributed by atoms with van der Waals surface area (Å²) in [5.74, 6) is 2.65. The van der Waals surface area contributed by atoms with Gasteiger partial charge in [-0.2, -0.15) is 0 Å². The molecule has 0 unspecified atom stereocenters. The van der Waals surface area contributed by atoms with Crippen molar-refractivity contribution in [1.29, 1.82) is 0 Å². The van der Waals surface area contributed by atoms with E-state index in [-0.39, 0.29) is 0 Å². The van der Waals surface area contributed by atoms with Crippen LogP contribution in [0.4, 0.5) is 0 Å². The molecule has 0 radical (unpaired) electrons. The molecule has 0 saturated carbocycles. The van der Waals surface area contributed by atoms with Gasteiger partial charge < -0.3 is 5.73 Å². The second-order valence-corrected chi connectivity index (χ2v) is 2.70. The van der Waals surface area contributed by atoms with E-state index in [1.807, 2.05) is 0 Å². The normalized spacial score (nSPS) is 8.00. The van der Waals surface area contributed by atoms with Crippen molar-refractivity contribution in [3.8, 4) is 12.0 Å². The molecule has 50 valence electrons. The minimum atomic E-state index is 0.678. The van der Waals surface area contributed by atoms with Crippen LogP contribution < -0.4 is 5.73 Å². The Bertz CT molecular complexity index is 292. The van der Waals surface area contributed by atoms with Crippen molar-refractivity contribution < 1.29 is 4.79 Å². The Morgan fingerprint density at radius 3 is 2.90 bits per heavy atom. The molecule has 2 N–H and O–H groups in total. The average Bonchev–Trinajstić information content (AvgIpc) is 2.37. The third kappa shape index (κ3) is 1.36. The molecule has 0 spiro atoms. The van der Waals surface area contributed by atoms with Crippen molar-refractivity contribution in [2.75, 3.05) is 0 Å². The number of nitrogens with two attached hydrogens (primary N) is 1. The molecule has 0 aromatic carbocycles. The van der Waals surface area contributed by atoms with Crippen molar-refractivity contribution in [3.05, 3.63) is 21.9 Å². The van der Waals surface area contributed by atoms with Gasteiger partial charge >= 0.3 is 0 Å². The Morgan fingerprint density at radius 1 is 1.60 bits per heavy atom. The first-order valence-electron chi connectivity index (χ1n) is 2.63. The van der Waals surface area contributed by atoms with Gasteiger partial charge in [-0.1, -0.05) is 0 Å². The molecule has 0 saturated heterocycles. The Balaban J connectivity index is 2.95. The first-order chi connectivity index (χ1) is 4.86. The third-order valence-corrected chi connectivity index (χ3v) is 1.86. The van der Waals surface area contributed by atoms with Crippen LogP contribution >= 0.6 is 11.3 Å². The lowest BCUT2D eigenvalue weighted by molar-refractivity contribution is 0.112. The van der Waals surface area contributed by atoms with Crippen molar-refractivity contribution >= 4 is 17.6 Å². The summed E-state index contributed by atoms with van der Waals surface area (Å²) in [6.07, 6.45) is 0.798. The number of rotatable bonds is 1. The van der Waals surface area contributed by atoms with Crippen LogP contribution in [0.2, 0.25) is 0 Å². The van der Waals surface area contributed by atoms with E-state index in [9.17, 15) is 4.79 Å². The molecular formula is C7H5NOS. The monoisotopic (exact) mass is 151 g/mol. The molecule has 1 aromatic rings. The summed E-state index contributed by atoms with van der Waals surface area (Å²) in [6, 6.07) is 5.76. The largest absolute Gasteiger partial charge is 0.359 e. The van der Waals surface area contributed by atoms with Crippen LogP contribution in [0.25, 0.3) is 0 Å². The second kappa shape index (κ2) is 3.04. The summed E-state index contributed by atoms with van der Waals surface area (Å²) >= 11 is 1.34. The molecule has 1 rings (SSSR count). The van der Waals surface area contributed by atoms with Gasteiger partial charge in [0.2, 0.25) is 0 Å². The molecule has 0 bridgehead atoms. The fraction of sp³-hybridized carbons (Fsp3) is 0. The van der Waals surface area contributed by atoms with Crippen molar-refractivity contribution in [2.24, 2.45) is 5.73 Å². The molecule has 2 nitrogen and oxygen atoms in total. The van der Waals surface area contributed by atoms with Crippen molar-refractivity contribution in [2.45, 2.75) is 0 Å². The molecule has 1 heterocycles. The quantitative estimate of drug-likeness (QED) is 0.367. The van der Waals surface area contributed by atoms with E-state index in [1.165, 1.54) is 11.3 Å². The molecule has 0 fully saturated rings. The zero-order chi connectivity index (χ0) is 7.40. The van der Waals surface area contributed by atoms with Gasteiger partial charge in [0.15, 0.2) is 6.29 Å². The maximum Gasteiger partial charge on any atom is 0.160 e. The smallest absolute Gasteiger partial charge is 0.160 e. The van der Waals surface area contributed by atoms with Crippen molar-refractivity contribution in [3.63, 3.8) is 0 Å². The van der Waals surface area contributed by atoms with E-state index in [2.05, 4.69) is 12.0 Å². The van der Waals surface area contributed by atoms with Crippen LogP contribution in [0.1, 0.15) is 14.5 Å². The molecule has 0 aliphatic carbocycles. The maximum atomic E-state index is 10.2. The lowest BCUT2D eigenvalue weighted by Gasteiger charge is -1.72. The summed E-state index contributed by atoms with van der Waals surface area (Å²) < 4.78 is 0. The van der Waals surface area contributed by atoms with E-state index in [0.717, 1.165) is 11.2 Å². The van der Waals surface area contributed by atoms with Crippen LogP contribution in [0.3, 0.4) is 0 Å². The Morgan fingerprint density at radius 2 is 2.40 bits per heavy atom. The zero-order valence-corrected chi connectivity index (χ0v) is 5.94. The third-order valence-electron chi connectivity index (χ3n) is 0.938. The fourth-order valence-electron chi connectivity index (χ4n) is 0.554. The Kier molecular flexibility index (Phi) is 2.08. The van der Waals surface area contributed by atoms with Crippen LogP contribution in [0, 0.1) is 12.0 Å². The lowest BCUT2D eigenvalue weighted by Crippen LogP contribution is -1.75. The molecular weight excluding hydrogens is 146 g/mol. The highest BCUT2D eigenvalue weighted by Gasteiger charge is 1.93. The highest BCUT2D eigenvalue weighted by molar-refractivity contribution is 7.14. The molecule has 10 heavy (non-hydrogen) atoms. The van der Waals surface area contributed by atoms with Crippen molar-refractivity contribution in [1.82, 2.24) is 0 Å². The number of carbonyl (C=O) groups is 1. The van der Waals surface area contributed by atoms with Gasteiger partial charge in [0.05, 0.1) is 9.75 Å². The standard InChI is InChI=1S/C7H5NOS/c8-4-3-6-1-2-7(5-9)10-6/h1-2,5H,8H2. The predicted molar refractivity (Wildman–Crippen MR) is 40.8 cm³/mol. The summed E-state index contributed by atoms with van der Waals surface area (Å²) in [4.78, 5) is 11.7. The maximum absolute atomic E-state index is 10.2. The molecule has 1 aromatic heterocycles. The zero-order valence-electron chi connectivity index (χ0n) is 5.13. The van der Waals surface area contributed by atoms with Crippen LogP contribution in [-0.2, 0) is 0 Å². The summed E-state index contributed by atoms with van der Waals surface area (Å²) in [7, 11) is 0. The van der Waals surface area contributed by atoms with Gasteiger partial charge in [-0.05, 0) is 18.1 Å². The Labute approximate surface area is 62.7 Å². The minimum Gasteiger partial charge on any atom is -0.359 e. The van der Waals surface area contributed by atoms with Gasteiger partial charge in [0, 0.05) is 6.04 Å². The van der Waals surface area contributed by atoms with Gasteiger partial charge in [-0.25, -0.2) is 0 Å². The first-order valence-corrected chi connectivity index (χ1v) is 3.45. The van der Waals surface area contributed by atoms with E-state index < -0.39 is 0 Å². The van der Waals surface area contributed by atoms with Gasteiger partial charge in [-0.15, -0.1) is 11.3 Å². The number of thiophene rings is 1. The van der Waals surface area contributed by atoms with Crippen LogP contribution in [0.15, 0.2) is 12.1 Å².